The third-order valence-electron chi connectivity index (χ3n) is 2.74. The zero-order valence-electron chi connectivity index (χ0n) is 9.43. The van der Waals surface area contributed by atoms with Gasteiger partial charge in [0.25, 0.3) is 0 Å². The lowest BCUT2D eigenvalue weighted by Crippen LogP contribution is -2.34. The second-order valence-corrected chi connectivity index (χ2v) is 5.13. The Bertz CT molecular complexity index is 394. The van der Waals surface area contributed by atoms with Crippen LogP contribution in [-0.4, -0.2) is 38.6 Å². The lowest BCUT2D eigenvalue weighted by molar-refractivity contribution is 0.0694. The number of hydrogen-bond acceptors (Lipinski definition) is 5. The minimum atomic E-state index is -0.972. The molecule has 1 aliphatic heterocycles. The first-order chi connectivity index (χ1) is 8.27. The minimum absolute atomic E-state index is 0.184. The van der Waals surface area contributed by atoms with Crippen LogP contribution in [0.4, 0.5) is 0 Å². The quantitative estimate of drug-likeness (QED) is 0.838. The van der Waals surface area contributed by atoms with Crippen LogP contribution in [0.3, 0.4) is 0 Å². The van der Waals surface area contributed by atoms with Gasteiger partial charge >= 0.3 is 5.97 Å². The van der Waals surface area contributed by atoms with Gasteiger partial charge in [-0.3, -0.25) is 0 Å². The summed E-state index contributed by atoms with van der Waals surface area (Å²) in [7, 11) is 0. The zero-order valence-corrected chi connectivity index (χ0v) is 10.2. The van der Waals surface area contributed by atoms with E-state index in [-0.39, 0.29) is 5.56 Å². The Hall–Kier alpha value is -1.14. The molecule has 2 N–H and O–H groups in total. The number of aromatic carboxylic acids is 1. The summed E-state index contributed by atoms with van der Waals surface area (Å²) in [5.41, 5.74) is 0.742. The summed E-state index contributed by atoms with van der Waals surface area (Å²) in [6, 6.07) is 0.463. The maximum Gasteiger partial charge on any atom is 0.339 e. The van der Waals surface area contributed by atoms with Crippen molar-refractivity contribution in [3.05, 3.63) is 23.8 Å². The molecule has 1 saturated heterocycles. The van der Waals surface area contributed by atoms with E-state index in [0.29, 0.717) is 18.3 Å². The van der Waals surface area contributed by atoms with Crippen LogP contribution in [0.1, 0.15) is 28.9 Å². The fraction of sp³-hybridized carbons (Fsp3) is 0.545. The minimum Gasteiger partial charge on any atom is -0.478 e. The van der Waals surface area contributed by atoms with Crippen LogP contribution < -0.4 is 5.32 Å². The molecule has 1 aromatic rings. The number of rotatable bonds is 4. The lowest BCUT2D eigenvalue weighted by Gasteiger charge is -2.22. The average molecular weight is 253 g/mol. The van der Waals surface area contributed by atoms with Crippen molar-refractivity contribution in [1.29, 1.82) is 0 Å². The van der Waals surface area contributed by atoms with Crippen molar-refractivity contribution in [2.45, 2.75) is 25.4 Å². The fourth-order valence-corrected chi connectivity index (χ4v) is 2.92. The van der Waals surface area contributed by atoms with Crippen LogP contribution in [0.15, 0.2) is 12.5 Å². The highest BCUT2D eigenvalue weighted by molar-refractivity contribution is 7.99. The maximum absolute atomic E-state index is 11.0. The third-order valence-corrected chi connectivity index (χ3v) is 3.96. The van der Waals surface area contributed by atoms with Gasteiger partial charge in [-0.2, -0.15) is 11.8 Å². The number of nitrogens with zero attached hydrogens (tertiary/aromatic N) is 2. The van der Waals surface area contributed by atoms with Gasteiger partial charge in [-0.15, -0.1) is 0 Å². The molecule has 1 unspecified atom stereocenters. The summed E-state index contributed by atoms with van der Waals surface area (Å²) in [6.45, 7) is 0.495. The zero-order chi connectivity index (χ0) is 12.1. The largest absolute Gasteiger partial charge is 0.478 e. The molecule has 1 aliphatic rings. The molecule has 2 rings (SSSR count). The number of carbonyl (C=O) groups is 1. The van der Waals surface area contributed by atoms with Crippen molar-refractivity contribution in [2.75, 3.05) is 11.5 Å². The Kier molecular flexibility index (Phi) is 4.33. The summed E-state index contributed by atoms with van der Waals surface area (Å²) in [5, 5.41) is 12.3. The summed E-state index contributed by atoms with van der Waals surface area (Å²) >= 11 is 1.94. The molecular weight excluding hydrogens is 238 g/mol. The number of carboxylic acid groups (broad SMARTS) is 1. The van der Waals surface area contributed by atoms with Gasteiger partial charge in [0.15, 0.2) is 0 Å². The first-order valence-corrected chi connectivity index (χ1v) is 6.76. The van der Waals surface area contributed by atoms with Crippen LogP contribution in [0.5, 0.6) is 0 Å². The standard InChI is InChI=1S/C11H15N3O2S/c15-11(16)9-4-12-7-14-10(9)5-13-8-2-1-3-17-6-8/h4,7-8,13H,1-3,5-6H2,(H,15,16). The molecule has 0 bridgehead atoms. The molecule has 1 fully saturated rings. The smallest absolute Gasteiger partial charge is 0.339 e. The van der Waals surface area contributed by atoms with Gasteiger partial charge in [-0.25, -0.2) is 14.8 Å². The van der Waals surface area contributed by atoms with Gasteiger partial charge in [0, 0.05) is 24.5 Å². The molecule has 0 aromatic carbocycles. The number of thioether (sulfide) groups is 1. The normalized spacial score (nSPS) is 20.1. The Balaban J connectivity index is 1.96. The van der Waals surface area contributed by atoms with E-state index in [9.17, 15) is 4.79 Å². The Morgan fingerprint density at radius 2 is 2.53 bits per heavy atom. The van der Waals surface area contributed by atoms with Gasteiger partial charge in [-0.1, -0.05) is 0 Å². The van der Waals surface area contributed by atoms with E-state index in [1.807, 2.05) is 11.8 Å². The molecule has 0 amide bonds. The molecule has 0 saturated carbocycles. The molecule has 17 heavy (non-hydrogen) atoms. The number of hydrogen-bond donors (Lipinski definition) is 2. The molecule has 5 nitrogen and oxygen atoms in total. The predicted octanol–water partition coefficient (Wildman–Crippen LogP) is 1.16. The van der Waals surface area contributed by atoms with E-state index in [1.165, 1.54) is 24.7 Å². The van der Waals surface area contributed by atoms with Crippen LogP contribution in [0, 0.1) is 0 Å². The van der Waals surface area contributed by atoms with Crippen molar-refractivity contribution in [1.82, 2.24) is 15.3 Å². The topological polar surface area (TPSA) is 75.1 Å². The molecule has 0 radical (unpaired) electrons. The molecule has 2 heterocycles. The number of nitrogens with one attached hydrogen (secondary N) is 1. The van der Waals surface area contributed by atoms with Crippen molar-refractivity contribution in [3.8, 4) is 0 Å². The Morgan fingerprint density at radius 3 is 3.24 bits per heavy atom. The van der Waals surface area contributed by atoms with Crippen LogP contribution in [-0.2, 0) is 6.54 Å². The first-order valence-electron chi connectivity index (χ1n) is 5.60. The van der Waals surface area contributed by atoms with Gasteiger partial charge < -0.3 is 10.4 Å². The summed E-state index contributed by atoms with van der Waals surface area (Å²) in [6.07, 6.45) is 5.11. The summed E-state index contributed by atoms with van der Waals surface area (Å²) in [4.78, 5) is 18.7. The summed E-state index contributed by atoms with van der Waals surface area (Å²) in [5.74, 6) is 1.35. The van der Waals surface area contributed by atoms with E-state index in [0.717, 1.165) is 12.2 Å². The van der Waals surface area contributed by atoms with Crippen molar-refractivity contribution in [2.24, 2.45) is 0 Å². The fourth-order valence-electron chi connectivity index (χ4n) is 1.82. The van der Waals surface area contributed by atoms with E-state index in [2.05, 4.69) is 15.3 Å². The molecule has 0 aliphatic carbocycles. The predicted molar refractivity (Wildman–Crippen MR) is 66.2 cm³/mol. The van der Waals surface area contributed by atoms with Crippen LogP contribution >= 0.6 is 11.8 Å². The molecule has 6 heteroatoms. The Labute approximate surface area is 104 Å². The highest BCUT2D eigenvalue weighted by Crippen LogP contribution is 2.17. The lowest BCUT2D eigenvalue weighted by atomic mass is 10.1. The summed E-state index contributed by atoms with van der Waals surface area (Å²) < 4.78 is 0. The number of carboxylic acids is 1. The highest BCUT2D eigenvalue weighted by Gasteiger charge is 2.15. The van der Waals surface area contributed by atoms with Crippen LogP contribution in [0.2, 0.25) is 0 Å². The highest BCUT2D eigenvalue weighted by atomic mass is 32.2. The molecule has 0 spiro atoms. The third kappa shape index (κ3) is 3.41. The average Bonchev–Trinajstić information content (AvgIpc) is 2.38. The first kappa shape index (κ1) is 12.3. The van der Waals surface area contributed by atoms with Crippen molar-refractivity contribution < 1.29 is 9.90 Å². The maximum atomic E-state index is 11.0. The monoisotopic (exact) mass is 253 g/mol. The molecular formula is C11H15N3O2S. The Morgan fingerprint density at radius 1 is 1.65 bits per heavy atom. The van der Waals surface area contributed by atoms with E-state index in [1.54, 1.807) is 0 Å². The van der Waals surface area contributed by atoms with Crippen molar-refractivity contribution >= 4 is 17.7 Å². The molecule has 92 valence electrons. The van der Waals surface area contributed by atoms with Crippen molar-refractivity contribution in [3.63, 3.8) is 0 Å². The SMILES string of the molecule is O=C(O)c1cncnc1CNC1CCCSC1. The molecule has 1 aromatic heterocycles. The second kappa shape index (κ2) is 5.97. The van der Waals surface area contributed by atoms with E-state index < -0.39 is 5.97 Å². The second-order valence-electron chi connectivity index (χ2n) is 3.98. The van der Waals surface area contributed by atoms with Gasteiger partial charge in [0.05, 0.1) is 5.69 Å². The van der Waals surface area contributed by atoms with Gasteiger partial charge in [0.1, 0.15) is 11.9 Å². The van der Waals surface area contributed by atoms with Gasteiger partial charge in [-0.05, 0) is 18.6 Å². The van der Waals surface area contributed by atoms with E-state index in [4.69, 9.17) is 5.11 Å². The van der Waals surface area contributed by atoms with E-state index >= 15 is 0 Å². The molecule has 1 atom stereocenters. The van der Waals surface area contributed by atoms with Crippen LogP contribution in [0.25, 0.3) is 0 Å². The van der Waals surface area contributed by atoms with Gasteiger partial charge in [0.2, 0.25) is 0 Å². The number of aromatic nitrogens is 2.